The molecule has 0 aliphatic carbocycles. The van der Waals surface area contributed by atoms with E-state index >= 15 is 0 Å². The Morgan fingerprint density at radius 2 is 2.18 bits per heavy atom. The molecule has 4 nitrogen and oxygen atoms in total. The number of hydrogen-bond acceptors (Lipinski definition) is 4. The standard InChI is InChI=1S/C13H28N2O2/c1-3-15(12-13-6-4-7-14-13)8-5-9-17-11-10-16-2/h13-14H,3-12H2,1-2H3. The van der Waals surface area contributed by atoms with Crippen LogP contribution in [0.3, 0.4) is 0 Å². The normalized spacial score (nSPS) is 20.3. The van der Waals surface area contributed by atoms with Gasteiger partial charge in [-0.2, -0.15) is 0 Å². The predicted molar refractivity (Wildman–Crippen MR) is 70.5 cm³/mol. The molecule has 1 N–H and O–H groups in total. The van der Waals surface area contributed by atoms with Gasteiger partial charge in [-0.3, -0.25) is 0 Å². The minimum Gasteiger partial charge on any atom is -0.382 e. The number of nitrogens with zero attached hydrogens (tertiary/aromatic N) is 1. The highest BCUT2D eigenvalue weighted by atomic mass is 16.5. The summed E-state index contributed by atoms with van der Waals surface area (Å²) in [5, 5.41) is 3.55. The van der Waals surface area contributed by atoms with Crippen molar-refractivity contribution in [3.63, 3.8) is 0 Å². The zero-order chi connectivity index (χ0) is 12.3. The van der Waals surface area contributed by atoms with Gasteiger partial charge < -0.3 is 19.7 Å². The summed E-state index contributed by atoms with van der Waals surface area (Å²) >= 11 is 0. The van der Waals surface area contributed by atoms with E-state index in [1.165, 1.54) is 25.9 Å². The maximum atomic E-state index is 5.47. The number of ether oxygens (including phenoxy) is 2. The average molecular weight is 244 g/mol. The van der Waals surface area contributed by atoms with Crippen molar-refractivity contribution in [1.82, 2.24) is 10.2 Å². The van der Waals surface area contributed by atoms with Gasteiger partial charge in [0.2, 0.25) is 0 Å². The van der Waals surface area contributed by atoms with E-state index in [1.54, 1.807) is 7.11 Å². The van der Waals surface area contributed by atoms with E-state index in [0.717, 1.165) is 26.1 Å². The van der Waals surface area contributed by atoms with Crippen LogP contribution in [0.15, 0.2) is 0 Å². The lowest BCUT2D eigenvalue weighted by atomic mass is 10.2. The van der Waals surface area contributed by atoms with Crippen LogP contribution in [0.4, 0.5) is 0 Å². The van der Waals surface area contributed by atoms with Crippen molar-refractivity contribution < 1.29 is 9.47 Å². The monoisotopic (exact) mass is 244 g/mol. The fourth-order valence-corrected chi connectivity index (χ4v) is 2.24. The van der Waals surface area contributed by atoms with E-state index in [2.05, 4.69) is 17.1 Å². The van der Waals surface area contributed by atoms with Crippen molar-refractivity contribution >= 4 is 0 Å². The molecule has 1 aliphatic rings. The number of hydrogen-bond donors (Lipinski definition) is 1. The molecule has 4 heteroatoms. The molecule has 0 bridgehead atoms. The first-order valence-electron chi connectivity index (χ1n) is 6.89. The zero-order valence-corrected chi connectivity index (χ0v) is 11.4. The maximum Gasteiger partial charge on any atom is 0.0700 e. The van der Waals surface area contributed by atoms with Gasteiger partial charge in [-0.25, -0.2) is 0 Å². The fraction of sp³-hybridized carbons (Fsp3) is 1.00. The first-order valence-corrected chi connectivity index (χ1v) is 6.89. The summed E-state index contributed by atoms with van der Waals surface area (Å²) in [6.45, 7) is 9.16. The third-order valence-electron chi connectivity index (χ3n) is 3.28. The number of rotatable bonds is 10. The molecule has 1 heterocycles. The van der Waals surface area contributed by atoms with Crippen LogP contribution in [0.25, 0.3) is 0 Å². The molecule has 1 aliphatic heterocycles. The van der Waals surface area contributed by atoms with Crippen molar-refractivity contribution in [3.8, 4) is 0 Å². The highest BCUT2D eigenvalue weighted by Crippen LogP contribution is 2.07. The van der Waals surface area contributed by atoms with E-state index in [9.17, 15) is 0 Å². The van der Waals surface area contributed by atoms with Gasteiger partial charge in [-0.1, -0.05) is 6.92 Å². The van der Waals surface area contributed by atoms with Crippen LogP contribution in [0.1, 0.15) is 26.2 Å². The highest BCUT2D eigenvalue weighted by molar-refractivity contribution is 4.77. The van der Waals surface area contributed by atoms with Gasteiger partial charge in [-0.05, 0) is 32.4 Å². The molecule has 0 radical (unpaired) electrons. The smallest absolute Gasteiger partial charge is 0.0700 e. The maximum absolute atomic E-state index is 5.47. The minimum absolute atomic E-state index is 0.698. The van der Waals surface area contributed by atoms with Crippen molar-refractivity contribution in [2.24, 2.45) is 0 Å². The van der Waals surface area contributed by atoms with Crippen LogP contribution < -0.4 is 5.32 Å². The van der Waals surface area contributed by atoms with Gasteiger partial charge in [0.25, 0.3) is 0 Å². The fourth-order valence-electron chi connectivity index (χ4n) is 2.24. The Hall–Kier alpha value is -0.160. The van der Waals surface area contributed by atoms with Crippen LogP contribution in [0.2, 0.25) is 0 Å². The molecule has 0 saturated carbocycles. The number of methoxy groups -OCH3 is 1. The van der Waals surface area contributed by atoms with Crippen LogP contribution >= 0.6 is 0 Å². The average Bonchev–Trinajstić information content (AvgIpc) is 2.85. The third kappa shape index (κ3) is 6.99. The Labute approximate surface area is 106 Å². The summed E-state index contributed by atoms with van der Waals surface area (Å²) in [7, 11) is 1.71. The van der Waals surface area contributed by atoms with Crippen LogP contribution in [0, 0.1) is 0 Å². The van der Waals surface area contributed by atoms with Crippen molar-refractivity contribution in [3.05, 3.63) is 0 Å². The summed E-state index contributed by atoms with van der Waals surface area (Å²) in [6.07, 6.45) is 3.79. The van der Waals surface area contributed by atoms with E-state index in [0.29, 0.717) is 19.3 Å². The van der Waals surface area contributed by atoms with Crippen molar-refractivity contribution in [2.75, 3.05) is 53.1 Å². The SMILES string of the molecule is CCN(CCCOCCOC)CC1CCCN1. The molecule has 0 aromatic carbocycles. The Morgan fingerprint density at radius 1 is 1.29 bits per heavy atom. The molecule has 0 spiro atoms. The molecule has 0 aromatic rings. The Balaban J connectivity index is 1.97. The van der Waals surface area contributed by atoms with Gasteiger partial charge in [0.1, 0.15) is 0 Å². The number of nitrogens with one attached hydrogen (secondary N) is 1. The lowest BCUT2D eigenvalue weighted by Crippen LogP contribution is -2.38. The summed E-state index contributed by atoms with van der Waals surface area (Å²) in [5.74, 6) is 0. The van der Waals surface area contributed by atoms with Gasteiger partial charge in [0.15, 0.2) is 0 Å². The van der Waals surface area contributed by atoms with Gasteiger partial charge >= 0.3 is 0 Å². The summed E-state index contributed by atoms with van der Waals surface area (Å²) in [5.41, 5.74) is 0. The van der Waals surface area contributed by atoms with E-state index in [-0.39, 0.29) is 0 Å². The lowest BCUT2D eigenvalue weighted by molar-refractivity contribution is 0.0651. The highest BCUT2D eigenvalue weighted by Gasteiger charge is 2.16. The lowest BCUT2D eigenvalue weighted by Gasteiger charge is -2.24. The van der Waals surface area contributed by atoms with E-state index in [1.807, 2.05) is 0 Å². The molecule has 17 heavy (non-hydrogen) atoms. The summed E-state index contributed by atoms with van der Waals surface area (Å²) in [4.78, 5) is 2.52. The minimum atomic E-state index is 0.698. The molecular formula is C13H28N2O2. The van der Waals surface area contributed by atoms with Gasteiger partial charge in [0.05, 0.1) is 13.2 Å². The molecule has 1 fully saturated rings. The molecule has 1 rings (SSSR count). The first kappa shape index (κ1) is 14.9. The summed E-state index contributed by atoms with van der Waals surface area (Å²) < 4.78 is 10.4. The molecular weight excluding hydrogens is 216 g/mol. The van der Waals surface area contributed by atoms with Crippen LogP contribution in [0.5, 0.6) is 0 Å². The molecule has 0 amide bonds. The molecule has 1 saturated heterocycles. The zero-order valence-electron chi connectivity index (χ0n) is 11.4. The predicted octanol–water partition coefficient (Wildman–Crippen LogP) is 1.11. The Bertz CT molecular complexity index is 173. The van der Waals surface area contributed by atoms with Gasteiger partial charge in [-0.15, -0.1) is 0 Å². The van der Waals surface area contributed by atoms with Gasteiger partial charge in [0, 0.05) is 32.8 Å². The second kappa shape index (κ2) is 9.83. The Kier molecular flexibility index (Phi) is 8.61. The second-order valence-corrected chi connectivity index (χ2v) is 4.65. The largest absolute Gasteiger partial charge is 0.382 e. The van der Waals surface area contributed by atoms with E-state index < -0.39 is 0 Å². The summed E-state index contributed by atoms with van der Waals surface area (Å²) in [6, 6.07) is 0.712. The third-order valence-corrected chi connectivity index (χ3v) is 3.28. The van der Waals surface area contributed by atoms with Crippen molar-refractivity contribution in [1.29, 1.82) is 0 Å². The van der Waals surface area contributed by atoms with Crippen molar-refractivity contribution in [2.45, 2.75) is 32.2 Å². The number of likely N-dealkylation sites (N-methyl/N-ethyl adjacent to an activating group) is 1. The molecule has 1 atom stereocenters. The second-order valence-electron chi connectivity index (χ2n) is 4.65. The van der Waals surface area contributed by atoms with E-state index in [4.69, 9.17) is 9.47 Å². The first-order chi connectivity index (χ1) is 8.36. The molecule has 102 valence electrons. The Morgan fingerprint density at radius 3 is 2.82 bits per heavy atom. The topological polar surface area (TPSA) is 33.7 Å². The van der Waals surface area contributed by atoms with Crippen LogP contribution in [-0.4, -0.2) is 64.1 Å². The quantitative estimate of drug-likeness (QED) is 0.584. The molecule has 1 unspecified atom stereocenters. The molecule has 0 aromatic heterocycles. The van der Waals surface area contributed by atoms with Crippen LogP contribution in [-0.2, 0) is 9.47 Å².